The predicted octanol–water partition coefficient (Wildman–Crippen LogP) is 2.82. The molecule has 27 heavy (non-hydrogen) atoms. The van der Waals surface area contributed by atoms with Crippen LogP contribution < -0.4 is 0 Å². The summed E-state index contributed by atoms with van der Waals surface area (Å²) in [6.45, 7) is 6.26. The second-order valence-corrected chi connectivity index (χ2v) is 8.57. The number of thiazole rings is 1. The van der Waals surface area contributed by atoms with Gasteiger partial charge < -0.3 is 10.0 Å². The number of carbonyl (C=O) groups is 1. The number of amides is 1. The van der Waals surface area contributed by atoms with E-state index in [9.17, 15) is 9.90 Å². The quantitative estimate of drug-likeness (QED) is 0.665. The Kier molecular flexibility index (Phi) is 4.92. The Bertz CT molecular complexity index is 993. The minimum absolute atomic E-state index is 0.103. The lowest BCUT2D eigenvalue weighted by Crippen LogP contribution is -2.49. The molecular weight excluding hydrogens is 430 g/mol. The van der Waals surface area contributed by atoms with Crippen LogP contribution >= 0.6 is 27.3 Å². The van der Waals surface area contributed by atoms with Gasteiger partial charge in [-0.3, -0.25) is 9.69 Å². The molecule has 2 aromatic heterocycles. The number of rotatable bonds is 3. The number of halogens is 1. The Balaban J connectivity index is 1.75. The minimum atomic E-state index is -0.120. The fourth-order valence-electron chi connectivity index (χ4n) is 3.53. The van der Waals surface area contributed by atoms with Crippen molar-refractivity contribution in [3.63, 3.8) is 0 Å². The van der Waals surface area contributed by atoms with E-state index in [2.05, 4.69) is 43.0 Å². The largest absolute Gasteiger partial charge is 0.492 e. The van der Waals surface area contributed by atoms with Crippen LogP contribution in [-0.4, -0.2) is 61.6 Å². The number of piperazine rings is 1. The number of fused-ring (bicyclic) bond motifs is 1. The van der Waals surface area contributed by atoms with Crippen LogP contribution in [0.4, 0.5) is 0 Å². The molecule has 4 rings (SSSR count). The zero-order chi connectivity index (χ0) is 19.1. The number of aromatic nitrogens is 3. The fourth-order valence-corrected chi connectivity index (χ4v) is 5.11. The van der Waals surface area contributed by atoms with E-state index in [0.717, 1.165) is 28.0 Å². The number of aryl methyl sites for hydroxylation is 1. The molecule has 1 amide bonds. The van der Waals surface area contributed by atoms with Gasteiger partial charge in [0.2, 0.25) is 16.7 Å². The van der Waals surface area contributed by atoms with Crippen molar-refractivity contribution in [1.82, 2.24) is 24.4 Å². The first-order valence-corrected chi connectivity index (χ1v) is 10.3. The Morgan fingerprint density at radius 1 is 1.30 bits per heavy atom. The maximum Gasteiger partial charge on any atom is 0.230 e. The van der Waals surface area contributed by atoms with E-state index in [1.54, 1.807) is 6.92 Å². The average molecular weight is 450 g/mol. The topological polar surface area (TPSA) is 74.0 Å². The number of nitrogens with zero attached hydrogens (tertiary/aromatic N) is 5. The van der Waals surface area contributed by atoms with Crippen molar-refractivity contribution >= 4 is 38.1 Å². The van der Waals surface area contributed by atoms with Gasteiger partial charge in [-0.05, 0) is 24.6 Å². The highest BCUT2D eigenvalue weighted by atomic mass is 79.9. The first kappa shape index (κ1) is 18.4. The Morgan fingerprint density at radius 2 is 2.04 bits per heavy atom. The molecule has 0 radical (unpaired) electrons. The second kappa shape index (κ2) is 7.21. The summed E-state index contributed by atoms with van der Waals surface area (Å²) < 4.78 is 2.49. The average Bonchev–Trinajstić information content (AvgIpc) is 3.14. The van der Waals surface area contributed by atoms with E-state index in [1.807, 2.05) is 24.0 Å². The smallest absolute Gasteiger partial charge is 0.230 e. The lowest BCUT2D eigenvalue weighted by molar-refractivity contribution is -0.130. The van der Waals surface area contributed by atoms with Gasteiger partial charge in [-0.15, -0.1) is 5.10 Å². The van der Waals surface area contributed by atoms with Gasteiger partial charge in [-0.2, -0.15) is 4.52 Å². The van der Waals surface area contributed by atoms with Crippen molar-refractivity contribution in [2.24, 2.45) is 0 Å². The van der Waals surface area contributed by atoms with Gasteiger partial charge in [0.15, 0.2) is 0 Å². The molecule has 9 heteroatoms. The molecule has 1 aromatic carbocycles. The van der Waals surface area contributed by atoms with Gasteiger partial charge in [0.05, 0.1) is 10.9 Å². The highest BCUT2D eigenvalue weighted by molar-refractivity contribution is 9.10. The summed E-state index contributed by atoms with van der Waals surface area (Å²) in [6.07, 6.45) is 0. The van der Waals surface area contributed by atoms with Crippen LogP contribution in [0.2, 0.25) is 0 Å². The molecule has 3 aromatic rings. The molecule has 0 saturated carbocycles. The van der Waals surface area contributed by atoms with Crippen molar-refractivity contribution in [2.75, 3.05) is 26.2 Å². The molecule has 1 N–H and O–H groups in total. The molecule has 7 nitrogen and oxygen atoms in total. The summed E-state index contributed by atoms with van der Waals surface area (Å²) in [6, 6.07) is 8.00. The lowest BCUT2D eigenvalue weighted by Gasteiger charge is -2.38. The van der Waals surface area contributed by atoms with Crippen molar-refractivity contribution in [2.45, 2.75) is 19.9 Å². The van der Waals surface area contributed by atoms with E-state index >= 15 is 0 Å². The number of benzene rings is 1. The summed E-state index contributed by atoms with van der Waals surface area (Å²) in [4.78, 5) is 21.7. The van der Waals surface area contributed by atoms with Crippen molar-refractivity contribution < 1.29 is 9.90 Å². The third-order valence-corrected chi connectivity index (χ3v) is 6.41. The molecule has 1 aliphatic rings. The van der Waals surface area contributed by atoms with E-state index in [1.165, 1.54) is 15.9 Å². The first-order valence-electron chi connectivity index (χ1n) is 8.74. The Morgan fingerprint density at radius 3 is 2.67 bits per heavy atom. The number of carbonyl (C=O) groups excluding carboxylic acids is 1. The second-order valence-electron chi connectivity index (χ2n) is 6.64. The standard InChI is InChI=1S/C18H20BrN5O2S/c1-11-20-18-24(21-11)17(26)16(27-18)15(13-4-3-5-14(19)10-13)23-8-6-22(7-9-23)12(2)25/h3-5,10,15,26H,6-9H2,1-2H3/t15-/m0/s1. The third kappa shape index (κ3) is 3.46. The maximum absolute atomic E-state index is 11.7. The maximum atomic E-state index is 11.7. The monoisotopic (exact) mass is 449 g/mol. The SMILES string of the molecule is CC(=O)N1CCN([C@@H](c2cccc(Br)c2)c2sc3nc(C)nn3c2O)CC1. The van der Waals surface area contributed by atoms with Gasteiger partial charge in [0.1, 0.15) is 5.82 Å². The van der Waals surface area contributed by atoms with E-state index < -0.39 is 0 Å². The van der Waals surface area contributed by atoms with Gasteiger partial charge in [-0.25, -0.2) is 4.98 Å². The fraction of sp³-hybridized carbons (Fsp3) is 0.389. The zero-order valence-corrected chi connectivity index (χ0v) is 17.5. The van der Waals surface area contributed by atoms with Crippen LogP contribution in [0.1, 0.15) is 29.2 Å². The first-order chi connectivity index (χ1) is 12.9. The zero-order valence-electron chi connectivity index (χ0n) is 15.1. The van der Waals surface area contributed by atoms with E-state index in [-0.39, 0.29) is 17.8 Å². The summed E-state index contributed by atoms with van der Waals surface area (Å²) in [5.41, 5.74) is 1.08. The molecule has 0 aliphatic carbocycles. The van der Waals surface area contributed by atoms with Crippen LogP contribution in [0.15, 0.2) is 28.7 Å². The molecule has 1 aliphatic heterocycles. The molecular formula is C18H20BrN5O2S. The van der Waals surface area contributed by atoms with Gasteiger partial charge in [0, 0.05) is 37.6 Å². The number of hydrogen-bond acceptors (Lipinski definition) is 6. The lowest BCUT2D eigenvalue weighted by atomic mass is 10.0. The summed E-state index contributed by atoms with van der Waals surface area (Å²) >= 11 is 5.01. The third-order valence-electron chi connectivity index (χ3n) is 4.84. The molecule has 3 heterocycles. The normalized spacial score (nSPS) is 16.8. The summed E-state index contributed by atoms with van der Waals surface area (Å²) in [7, 11) is 0. The molecule has 0 spiro atoms. The number of hydrogen-bond donors (Lipinski definition) is 1. The van der Waals surface area contributed by atoms with Crippen LogP contribution in [0.3, 0.4) is 0 Å². The Labute approximate surface area is 169 Å². The summed E-state index contributed by atoms with van der Waals surface area (Å²) in [5.74, 6) is 0.873. The van der Waals surface area contributed by atoms with Crippen LogP contribution in [0, 0.1) is 6.92 Å². The van der Waals surface area contributed by atoms with Gasteiger partial charge in [0.25, 0.3) is 0 Å². The van der Waals surface area contributed by atoms with Crippen LogP contribution in [0.25, 0.3) is 4.96 Å². The van der Waals surface area contributed by atoms with Gasteiger partial charge >= 0.3 is 0 Å². The molecule has 0 bridgehead atoms. The van der Waals surface area contributed by atoms with Crippen LogP contribution in [0.5, 0.6) is 5.88 Å². The highest BCUT2D eigenvalue weighted by Gasteiger charge is 2.32. The van der Waals surface area contributed by atoms with Crippen LogP contribution in [-0.2, 0) is 4.79 Å². The highest BCUT2D eigenvalue weighted by Crippen LogP contribution is 2.40. The predicted molar refractivity (Wildman–Crippen MR) is 107 cm³/mol. The Hall–Kier alpha value is -1.97. The summed E-state index contributed by atoms with van der Waals surface area (Å²) in [5, 5.41) is 15.1. The molecule has 142 valence electrons. The minimum Gasteiger partial charge on any atom is -0.492 e. The van der Waals surface area contributed by atoms with Crippen molar-refractivity contribution in [3.05, 3.63) is 45.0 Å². The number of aromatic hydroxyl groups is 1. The van der Waals surface area contributed by atoms with Crippen molar-refractivity contribution in [3.8, 4) is 5.88 Å². The van der Waals surface area contributed by atoms with E-state index in [4.69, 9.17) is 0 Å². The molecule has 1 saturated heterocycles. The van der Waals surface area contributed by atoms with Crippen molar-refractivity contribution in [1.29, 1.82) is 0 Å². The van der Waals surface area contributed by atoms with Gasteiger partial charge in [-0.1, -0.05) is 39.4 Å². The molecule has 0 unspecified atom stereocenters. The molecule has 1 fully saturated rings. The van der Waals surface area contributed by atoms with E-state index in [0.29, 0.717) is 23.9 Å². The molecule has 1 atom stereocenters.